The second-order valence-electron chi connectivity index (χ2n) is 32.3. The number of halogens is 7. The van der Waals surface area contributed by atoms with Crippen molar-refractivity contribution in [1.29, 1.82) is 0 Å². The number of amides is 1. The predicted molar refractivity (Wildman–Crippen MR) is 509 cm³/mol. The van der Waals surface area contributed by atoms with E-state index >= 15 is 0 Å². The summed E-state index contributed by atoms with van der Waals surface area (Å²) in [5.41, 5.74) is 19.6. The average Bonchev–Trinajstić information content (AvgIpc) is 0.790. The molecule has 1 amide bonds. The third-order valence-corrected chi connectivity index (χ3v) is 24.3. The first-order valence-electron chi connectivity index (χ1n) is 37.6. The fourth-order valence-electron chi connectivity index (χ4n) is 10.1. The predicted octanol–water partition coefficient (Wildman–Crippen LogP) is 20.3. The molecule has 0 saturated carbocycles. The van der Waals surface area contributed by atoms with Crippen molar-refractivity contribution in [2.24, 2.45) is 0 Å². The Labute approximate surface area is 795 Å². The number of carbonyl (C=O) groups excluding carboxylic acids is 3. The molecule has 0 spiro atoms. The van der Waals surface area contributed by atoms with Crippen LogP contribution in [0.2, 0.25) is 20.1 Å². The van der Waals surface area contributed by atoms with E-state index in [0.717, 1.165) is 43.5 Å². The molecule has 9 aromatic carbocycles. The number of ether oxygens (including phenoxy) is 1. The maximum atomic E-state index is 13.1. The van der Waals surface area contributed by atoms with Gasteiger partial charge in [0.15, 0.2) is 0 Å². The minimum atomic E-state index is -3.90. The summed E-state index contributed by atoms with van der Waals surface area (Å²) in [5, 5.41) is 12.3. The zero-order valence-electron chi connectivity index (χ0n) is 72.5. The SMILES string of the molecule is CC(=O)N(c1ccncc1)c1cc(Cl)ccc1NS(=O)(=O)c1ccc(C(C)(C)C)cc1.CC(=O)OC(C)=O.CC(C)(C)[O-].CC(C)(C)c1ccc(S(=O)(=O)Cl)cc1.CC(C)(C)c1ccc(S(=O)(=O)Nc2ccc(Cl)cc2Br)cc1.CC(C)(C)c1ccc(S(=O)(=O)Nc2ccc(Cl)cc2Cc2ccncc2)cc1.Nc1ccc(Cl)cc1Br.Nc1ccccc1.[Na+]. The molecule has 11 aromatic rings. The fraction of sp³-hybridized carbons (Fsp3) is 0.264. The third kappa shape index (κ3) is 39.9. The van der Waals surface area contributed by atoms with Crippen molar-refractivity contribution >= 4 is 186 Å². The largest absolute Gasteiger partial charge is 1.00 e. The van der Waals surface area contributed by atoms with Gasteiger partial charge in [-0.3, -0.25) is 43.4 Å². The Hall–Kier alpha value is -7.94. The number of nitrogens with one attached hydrogen (secondary N) is 3. The van der Waals surface area contributed by atoms with E-state index in [1.807, 2.05) is 66.7 Å². The van der Waals surface area contributed by atoms with Gasteiger partial charge in [0.1, 0.15) is 0 Å². The van der Waals surface area contributed by atoms with Crippen molar-refractivity contribution in [2.45, 2.75) is 178 Å². The number of hydrogen-bond acceptors (Lipinski definition) is 17. The van der Waals surface area contributed by atoms with Crippen molar-refractivity contribution in [2.75, 3.05) is 30.5 Å². The number of carbonyl (C=O) groups is 3. The number of hydrogen-bond donors (Lipinski definition) is 5. The van der Waals surface area contributed by atoms with Crippen LogP contribution in [-0.4, -0.2) is 67.1 Å². The number of rotatable bonds is 14. The average molecular weight is 2010 g/mol. The molecule has 124 heavy (non-hydrogen) atoms. The van der Waals surface area contributed by atoms with E-state index in [9.17, 15) is 53.2 Å². The van der Waals surface area contributed by atoms with Crippen LogP contribution in [0.25, 0.3) is 0 Å². The van der Waals surface area contributed by atoms with Gasteiger partial charge in [-0.25, -0.2) is 33.7 Å². The van der Waals surface area contributed by atoms with E-state index in [1.165, 1.54) is 43.9 Å². The minimum absolute atomic E-state index is 0. The summed E-state index contributed by atoms with van der Waals surface area (Å²) in [6, 6.07) is 63.8. The summed E-state index contributed by atoms with van der Waals surface area (Å²) in [5.74, 6) is -1.43. The van der Waals surface area contributed by atoms with Gasteiger partial charge in [-0.1, -0.05) is 217 Å². The number of pyridine rings is 2. The molecule has 0 aliphatic carbocycles. The molecule has 2 heterocycles. The Morgan fingerprint density at radius 3 is 1.05 bits per heavy atom. The van der Waals surface area contributed by atoms with Crippen LogP contribution in [0.5, 0.6) is 0 Å². The molecule has 0 atom stereocenters. The fourth-order valence-corrected chi connectivity index (χ4v) is 16.1. The van der Waals surface area contributed by atoms with Crippen LogP contribution in [0.1, 0.15) is 158 Å². The van der Waals surface area contributed by atoms with Gasteiger partial charge in [0.05, 0.1) is 48.0 Å². The summed E-state index contributed by atoms with van der Waals surface area (Å²) in [4.78, 5) is 42.2. The molecule has 2 aromatic heterocycles. The van der Waals surface area contributed by atoms with E-state index in [4.69, 9.17) is 68.6 Å². The quantitative estimate of drug-likeness (QED) is 0.0222. The molecule has 0 unspecified atom stereocenters. The first-order chi connectivity index (χ1) is 56.7. The molecule has 0 bridgehead atoms. The molecule has 0 aliphatic heterocycles. The van der Waals surface area contributed by atoms with Crippen molar-refractivity contribution in [3.8, 4) is 0 Å². The molecule has 0 aliphatic rings. The zero-order chi connectivity index (χ0) is 93.0. The number of anilines is 7. The molecule has 0 radical (unpaired) electrons. The number of benzene rings is 9. The van der Waals surface area contributed by atoms with Crippen molar-refractivity contribution in [1.82, 2.24) is 9.97 Å². The smallest absolute Gasteiger partial charge is 0.850 e. The van der Waals surface area contributed by atoms with Gasteiger partial charge in [0.2, 0.25) is 5.91 Å². The van der Waals surface area contributed by atoms with Crippen molar-refractivity contribution < 1.29 is 87.5 Å². The number of esters is 2. The maximum absolute atomic E-state index is 13.1. The van der Waals surface area contributed by atoms with E-state index in [1.54, 1.807) is 185 Å². The monoisotopic (exact) mass is 2000 g/mol. The second-order valence-corrected chi connectivity index (χ2v) is 43.4. The van der Waals surface area contributed by atoms with Gasteiger partial charge in [-0.15, -0.1) is 5.60 Å². The van der Waals surface area contributed by atoms with Gasteiger partial charge in [-0.05, 0) is 251 Å². The van der Waals surface area contributed by atoms with Gasteiger partial charge < -0.3 is 21.3 Å². The van der Waals surface area contributed by atoms with Crippen LogP contribution in [0, 0.1) is 0 Å². The Kier molecular flexibility index (Phi) is 43.4. The number of aromatic nitrogens is 2. The Morgan fingerprint density at radius 2 is 0.734 bits per heavy atom. The first-order valence-corrected chi connectivity index (χ1v) is 47.5. The standard InChI is InChI=1S/C23H24ClN3O3S.C22H23ClN2O2S.C16H17BrClNO2S.C10H13ClO2S.C6H5BrClN.C6H7N.C4H6O3.C4H9O.Na/c1-16(28)27(19-11-13-25-14-12-19)22-15-18(24)7-10-21(22)26-31(29,30)20-8-5-17(6-9-20)23(2,3)4;1-22(2,3)18-4-7-20(8-5-18)28(26,27)25-21-9-6-19(23)15-17(21)14-16-10-12-24-13-11-16;1-16(2,3)11-4-7-13(8-5-11)22(20,21)19-15-9-6-12(18)10-14(15)17;1-10(2,3)8-4-6-9(7-5-8)14(11,12)13;7-5-3-4(8)1-2-6(5)9;7-6-4-2-1-3-5-6;1-3(5)7-4(2)6;1-4(2,3)5;/h5-15,26H,1-4H3;4-13,15,25H,14H2,1-3H3;4-10,19H,1-3H3;4-7H,1-3H3;1-3H,9H2;1-5H,7H2;1-2H3;1-3H3;/q;;;;;;;-1;+1. The van der Waals surface area contributed by atoms with Crippen LogP contribution in [0.4, 0.5) is 39.8 Å². The first kappa shape index (κ1) is 110. The van der Waals surface area contributed by atoms with Crippen LogP contribution in [0.3, 0.4) is 0 Å². The normalized spacial score (nSPS) is 11.4. The third-order valence-electron chi connectivity index (χ3n) is 16.5. The van der Waals surface area contributed by atoms with Crippen LogP contribution >= 0.6 is 88.9 Å². The summed E-state index contributed by atoms with van der Waals surface area (Å²) >= 11 is 30.3. The van der Waals surface area contributed by atoms with Crippen molar-refractivity contribution in [3.63, 3.8) is 0 Å². The van der Waals surface area contributed by atoms with E-state index in [-0.39, 0.29) is 82.4 Å². The molecule has 0 saturated heterocycles. The number of sulfonamides is 3. The minimum Gasteiger partial charge on any atom is -0.850 e. The van der Waals surface area contributed by atoms with Crippen LogP contribution in [0.15, 0.2) is 278 Å². The Balaban J connectivity index is 0.000000392. The molecular formula is C91H104Br2Cl5N8NaO13S4. The van der Waals surface area contributed by atoms with Crippen molar-refractivity contribution in [3.05, 3.63) is 312 Å². The zero-order valence-corrected chi connectivity index (χ0v) is 84.7. The molecule has 33 heteroatoms. The van der Waals surface area contributed by atoms with E-state index in [0.29, 0.717) is 59.4 Å². The maximum Gasteiger partial charge on any atom is 1.00 e. The Bertz CT molecular complexity index is 5780. The van der Waals surface area contributed by atoms with Gasteiger partial charge in [-0.2, -0.15) is 0 Å². The molecule has 11 rings (SSSR count). The second kappa shape index (κ2) is 48.8. The summed E-state index contributed by atoms with van der Waals surface area (Å²) in [6.07, 6.45) is 7.07. The number of nitrogens with zero attached hydrogens (tertiary/aromatic N) is 3. The molecular weight excluding hydrogens is 1900 g/mol. The van der Waals surface area contributed by atoms with E-state index < -0.39 is 56.7 Å². The molecule has 21 nitrogen and oxygen atoms in total. The summed E-state index contributed by atoms with van der Waals surface area (Å²) in [7, 11) is -9.63. The molecule has 0 fully saturated rings. The van der Waals surface area contributed by atoms with Crippen LogP contribution in [-0.2, 0) is 86.3 Å². The molecule has 660 valence electrons. The topological polar surface area (TPSA) is 337 Å². The van der Waals surface area contributed by atoms with Gasteiger partial charge >= 0.3 is 41.5 Å². The number of para-hydroxylation sites is 1. The van der Waals surface area contributed by atoms with E-state index in [2.05, 4.69) is 144 Å². The summed E-state index contributed by atoms with van der Waals surface area (Å²) < 4.78 is 112. The number of nitrogens with two attached hydrogens (primary N) is 2. The Morgan fingerprint density at radius 1 is 0.419 bits per heavy atom. The van der Waals surface area contributed by atoms with Gasteiger partial charge in [0, 0.05) is 96.7 Å². The number of nitrogen functional groups attached to an aromatic ring is 2. The van der Waals surface area contributed by atoms with Gasteiger partial charge in [0.25, 0.3) is 39.1 Å². The molecule has 7 N–H and O–H groups in total. The summed E-state index contributed by atoms with van der Waals surface area (Å²) in [6.45, 7) is 33.6. The van der Waals surface area contributed by atoms with Crippen LogP contribution < -0.4 is 65.2 Å².